The molecular formula is C11H5F3O2. The van der Waals surface area contributed by atoms with Crippen LogP contribution in [0.2, 0.25) is 0 Å². The van der Waals surface area contributed by atoms with Crippen LogP contribution in [0, 0.1) is 11.8 Å². The molecule has 0 heterocycles. The lowest BCUT2D eigenvalue weighted by Crippen LogP contribution is -2.22. The molecule has 0 fully saturated rings. The third kappa shape index (κ3) is 2.95. The smallest absolute Gasteiger partial charge is 0.289 e. The van der Waals surface area contributed by atoms with Crippen LogP contribution in [-0.2, 0) is 4.79 Å². The second-order valence-electron chi connectivity index (χ2n) is 2.79. The van der Waals surface area contributed by atoms with Crippen LogP contribution in [0.1, 0.15) is 15.9 Å². The lowest BCUT2D eigenvalue weighted by molar-refractivity contribution is -0.103. The van der Waals surface area contributed by atoms with Gasteiger partial charge in [0.2, 0.25) is 0 Å². The molecule has 0 spiro atoms. The summed E-state index contributed by atoms with van der Waals surface area (Å²) in [6.45, 7) is 0. The van der Waals surface area contributed by atoms with Crippen molar-refractivity contribution in [1.82, 2.24) is 0 Å². The molecule has 0 bridgehead atoms. The fourth-order valence-corrected chi connectivity index (χ4v) is 1.01. The van der Waals surface area contributed by atoms with Gasteiger partial charge in [0.15, 0.2) is 6.29 Å². The van der Waals surface area contributed by atoms with E-state index >= 15 is 0 Å². The van der Waals surface area contributed by atoms with E-state index in [1.165, 1.54) is 12.1 Å². The first-order chi connectivity index (χ1) is 7.45. The number of rotatable bonds is 1. The number of hydrogen-bond donors (Lipinski definition) is 0. The largest absolute Gasteiger partial charge is 0.454 e. The molecule has 82 valence electrons. The molecule has 1 aromatic rings. The molecular weight excluding hydrogens is 221 g/mol. The summed E-state index contributed by atoms with van der Waals surface area (Å²) in [4.78, 5) is 20.8. The van der Waals surface area contributed by atoms with Crippen molar-refractivity contribution in [1.29, 1.82) is 0 Å². The lowest BCUT2D eigenvalue weighted by Gasteiger charge is -2.04. The second-order valence-corrected chi connectivity index (χ2v) is 2.79. The Kier molecular flexibility index (Phi) is 3.46. The number of aldehydes is 1. The monoisotopic (exact) mass is 226 g/mol. The van der Waals surface area contributed by atoms with E-state index in [9.17, 15) is 22.8 Å². The minimum Gasteiger partial charge on any atom is -0.289 e. The van der Waals surface area contributed by atoms with Gasteiger partial charge in [-0.05, 0) is 18.1 Å². The first-order valence-corrected chi connectivity index (χ1v) is 4.12. The normalized spacial score (nSPS) is 10.2. The Morgan fingerprint density at radius 3 is 2.56 bits per heavy atom. The van der Waals surface area contributed by atoms with E-state index in [0.29, 0.717) is 6.29 Å². The van der Waals surface area contributed by atoms with E-state index in [4.69, 9.17) is 0 Å². The lowest BCUT2D eigenvalue weighted by atomic mass is 10.1. The first-order valence-electron chi connectivity index (χ1n) is 4.12. The van der Waals surface area contributed by atoms with Crippen molar-refractivity contribution in [3.05, 3.63) is 35.4 Å². The Bertz CT molecular complexity index is 478. The summed E-state index contributed by atoms with van der Waals surface area (Å²) in [5, 5.41) is 0. The quantitative estimate of drug-likeness (QED) is 0.417. The highest BCUT2D eigenvalue weighted by atomic mass is 19.4. The Hall–Kier alpha value is -2.09. The number of carbonyl (C=O) groups is 2. The Labute approximate surface area is 89.1 Å². The van der Waals surface area contributed by atoms with E-state index in [1.54, 1.807) is 0 Å². The van der Waals surface area contributed by atoms with Crippen LogP contribution in [0.3, 0.4) is 0 Å². The maximum atomic E-state index is 12.1. The average Bonchev–Trinajstić information content (AvgIpc) is 2.24. The molecule has 0 N–H and O–H groups in total. The zero-order valence-electron chi connectivity index (χ0n) is 7.84. The van der Waals surface area contributed by atoms with Crippen molar-refractivity contribution >= 4 is 12.1 Å². The maximum absolute atomic E-state index is 12.1. The molecule has 0 aromatic heterocycles. The standard InChI is InChI=1S/C11H5F3O2/c12-11(13,14)10(16)9-5-1-3-8(7-9)4-2-6-15/h1,3,5-7H. The van der Waals surface area contributed by atoms with Crippen LogP contribution >= 0.6 is 0 Å². The van der Waals surface area contributed by atoms with Crippen molar-refractivity contribution in [2.75, 3.05) is 0 Å². The highest BCUT2D eigenvalue weighted by Crippen LogP contribution is 2.21. The zero-order valence-corrected chi connectivity index (χ0v) is 7.84. The van der Waals surface area contributed by atoms with Gasteiger partial charge in [0, 0.05) is 11.1 Å². The third-order valence-electron chi connectivity index (χ3n) is 1.66. The number of carbonyl (C=O) groups excluding carboxylic acids is 2. The molecule has 0 atom stereocenters. The van der Waals surface area contributed by atoms with Crippen LogP contribution in [-0.4, -0.2) is 18.2 Å². The van der Waals surface area contributed by atoms with Crippen LogP contribution in [0.15, 0.2) is 24.3 Å². The van der Waals surface area contributed by atoms with Gasteiger partial charge in [-0.15, -0.1) is 0 Å². The summed E-state index contributed by atoms with van der Waals surface area (Å²) in [7, 11) is 0. The summed E-state index contributed by atoms with van der Waals surface area (Å²) >= 11 is 0. The van der Waals surface area contributed by atoms with Gasteiger partial charge in [-0.1, -0.05) is 18.1 Å². The molecule has 2 nitrogen and oxygen atoms in total. The van der Waals surface area contributed by atoms with Crippen LogP contribution in [0.25, 0.3) is 0 Å². The van der Waals surface area contributed by atoms with Gasteiger partial charge in [-0.2, -0.15) is 13.2 Å². The van der Waals surface area contributed by atoms with Gasteiger partial charge in [0.05, 0.1) is 0 Å². The maximum Gasteiger partial charge on any atom is 0.454 e. The highest BCUT2D eigenvalue weighted by Gasteiger charge is 2.39. The molecule has 0 radical (unpaired) electrons. The van der Waals surface area contributed by atoms with Gasteiger partial charge in [0.25, 0.3) is 5.78 Å². The molecule has 16 heavy (non-hydrogen) atoms. The molecule has 0 unspecified atom stereocenters. The van der Waals surface area contributed by atoms with Crippen molar-refractivity contribution in [2.24, 2.45) is 0 Å². The van der Waals surface area contributed by atoms with Crippen LogP contribution in [0.4, 0.5) is 13.2 Å². The number of halogens is 3. The minimum atomic E-state index is -4.91. The Balaban J connectivity index is 3.08. The van der Waals surface area contributed by atoms with Gasteiger partial charge >= 0.3 is 6.18 Å². The number of Topliss-reactive ketones (excluding diaryl/α,β-unsaturated/α-hetero) is 1. The number of ketones is 1. The van der Waals surface area contributed by atoms with E-state index in [0.717, 1.165) is 12.1 Å². The van der Waals surface area contributed by atoms with E-state index in [2.05, 4.69) is 5.92 Å². The summed E-state index contributed by atoms with van der Waals surface area (Å²) < 4.78 is 36.2. The minimum absolute atomic E-state index is 0.183. The molecule has 1 rings (SSSR count). The SMILES string of the molecule is O=CC#Cc1cccc(C(=O)C(F)(F)F)c1. The summed E-state index contributed by atoms with van der Waals surface area (Å²) in [6.07, 6.45) is -4.59. The van der Waals surface area contributed by atoms with Crippen LogP contribution < -0.4 is 0 Å². The Morgan fingerprint density at radius 2 is 2.00 bits per heavy atom. The molecule has 5 heteroatoms. The van der Waals surface area contributed by atoms with E-state index in [1.807, 2.05) is 5.92 Å². The first kappa shape index (κ1) is 12.0. The van der Waals surface area contributed by atoms with Gasteiger partial charge in [-0.3, -0.25) is 9.59 Å². The predicted octanol–water partition coefficient (Wildman–Crippen LogP) is 1.98. The van der Waals surface area contributed by atoms with E-state index in [-0.39, 0.29) is 5.56 Å². The summed E-state index contributed by atoms with van der Waals surface area (Å²) in [5.74, 6) is 2.42. The predicted molar refractivity (Wildman–Crippen MR) is 49.8 cm³/mol. The van der Waals surface area contributed by atoms with Gasteiger partial charge in [-0.25, -0.2) is 0 Å². The van der Waals surface area contributed by atoms with Gasteiger partial charge in [0.1, 0.15) is 0 Å². The fraction of sp³-hybridized carbons (Fsp3) is 0.0909. The summed E-state index contributed by atoms with van der Waals surface area (Å²) in [6, 6.07) is 4.71. The molecule has 0 saturated heterocycles. The second kappa shape index (κ2) is 4.62. The van der Waals surface area contributed by atoms with Crippen molar-refractivity contribution < 1.29 is 22.8 Å². The molecule has 0 amide bonds. The average molecular weight is 226 g/mol. The number of alkyl halides is 3. The third-order valence-corrected chi connectivity index (χ3v) is 1.66. The molecule has 0 aliphatic rings. The molecule has 1 aromatic carbocycles. The number of benzene rings is 1. The summed E-state index contributed by atoms with van der Waals surface area (Å²) in [5.41, 5.74) is -0.313. The molecule has 0 aliphatic carbocycles. The van der Waals surface area contributed by atoms with E-state index < -0.39 is 17.5 Å². The number of hydrogen-bond acceptors (Lipinski definition) is 2. The Morgan fingerprint density at radius 1 is 1.31 bits per heavy atom. The van der Waals surface area contributed by atoms with Crippen molar-refractivity contribution in [2.45, 2.75) is 6.18 Å². The highest BCUT2D eigenvalue weighted by molar-refractivity contribution is 6.00. The van der Waals surface area contributed by atoms with Crippen molar-refractivity contribution in [3.63, 3.8) is 0 Å². The van der Waals surface area contributed by atoms with Gasteiger partial charge < -0.3 is 0 Å². The zero-order chi connectivity index (χ0) is 12.2. The molecule has 0 saturated carbocycles. The topological polar surface area (TPSA) is 34.1 Å². The van der Waals surface area contributed by atoms with Crippen molar-refractivity contribution in [3.8, 4) is 11.8 Å². The molecule has 0 aliphatic heterocycles. The van der Waals surface area contributed by atoms with Crippen LogP contribution in [0.5, 0.6) is 0 Å². The fourth-order valence-electron chi connectivity index (χ4n) is 1.01.